The van der Waals surface area contributed by atoms with Gasteiger partial charge < -0.3 is 4.90 Å². The Morgan fingerprint density at radius 2 is 2.04 bits per heavy atom. The molecule has 0 bridgehead atoms. The minimum atomic E-state index is -0.163. The lowest BCUT2D eigenvalue weighted by atomic mass is 9.94. The van der Waals surface area contributed by atoms with Crippen molar-refractivity contribution in [2.75, 3.05) is 11.4 Å². The summed E-state index contributed by atoms with van der Waals surface area (Å²) in [5.41, 5.74) is -0.163. The summed E-state index contributed by atoms with van der Waals surface area (Å²) in [4.78, 5) is 23.2. The van der Waals surface area contributed by atoms with Crippen LogP contribution in [-0.2, 0) is 7.05 Å². The van der Waals surface area contributed by atoms with Gasteiger partial charge in [0.05, 0.1) is 6.04 Å². The fourth-order valence-electron chi connectivity index (χ4n) is 4.25. The van der Waals surface area contributed by atoms with E-state index >= 15 is 0 Å². The van der Waals surface area contributed by atoms with E-state index in [0.29, 0.717) is 5.92 Å². The van der Waals surface area contributed by atoms with Gasteiger partial charge in [-0.3, -0.25) is 9.55 Å². The molecular formula is C18H20N6O. The van der Waals surface area contributed by atoms with Crippen molar-refractivity contribution in [3.8, 4) is 0 Å². The molecule has 1 aliphatic carbocycles. The first-order valence-electron chi connectivity index (χ1n) is 8.80. The van der Waals surface area contributed by atoms with Gasteiger partial charge in [-0.1, -0.05) is 0 Å². The first kappa shape index (κ1) is 14.6. The van der Waals surface area contributed by atoms with E-state index in [9.17, 15) is 4.79 Å². The highest BCUT2D eigenvalue weighted by molar-refractivity contribution is 5.91. The Labute approximate surface area is 144 Å². The zero-order valence-corrected chi connectivity index (χ0v) is 14.1. The van der Waals surface area contributed by atoms with Crippen LogP contribution in [0.1, 0.15) is 31.1 Å². The number of nitrogens with one attached hydrogen (secondary N) is 1. The van der Waals surface area contributed by atoms with Crippen LogP contribution in [0.4, 0.5) is 5.82 Å². The Hall–Kier alpha value is -2.70. The average Bonchev–Trinajstić information content (AvgIpc) is 3.32. The van der Waals surface area contributed by atoms with Crippen molar-refractivity contribution < 1.29 is 0 Å². The van der Waals surface area contributed by atoms with E-state index < -0.39 is 0 Å². The summed E-state index contributed by atoms with van der Waals surface area (Å²) in [6, 6.07) is 4.09. The lowest BCUT2D eigenvalue weighted by molar-refractivity contribution is 0.406. The predicted octanol–water partition coefficient (Wildman–Crippen LogP) is 2.03. The fourth-order valence-corrected chi connectivity index (χ4v) is 4.25. The maximum absolute atomic E-state index is 11.9. The quantitative estimate of drug-likeness (QED) is 0.792. The summed E-state index contributed by atoms with van der Waals surface area (Å²) in [5, 5.41) is 9.13. The summed E-state index contributed by atoms with van der Waals surface area (Å²) in [7, 11) is 1.79. The number of fused-ring (bicyclic) bond motifs is 1. The van der Waals surface area contributed by atoms with Gasteiger partial charge in [-0.2, -0.15) is 5.10 Å². The smallest absolute Gasteiger partial charge is 0.343 e. The number of aromatic amines is 1. The standard InChI is InChI=1S/C18H20N6O/c1-23-17(21-22-18(23)25)15-13(11-2-3-11)6-9-24(15)16-14-10-19-7-4-12(14)5-8-20-16/h4-5,7-8,10-11,13,15H,2-3,6,9H2,1H3,(H,22,25). The number of hydrogen-bond acceptors (Lipinski definition) is 5. The van der Waals surface area contributed by atoms with Crippen molar-refractivity contribution in [1.82, 2.24) is 24.7 Å². The highest BCUT2D eigenvalue weighted by Crippen LogP contribution is 2.51. The highest BCUT2D eigenvalue weighted by Gasteiger charge is 2.46. The molecule has 7 heteroatoms. The molecule has 3 aromatic heterocycles. The molecule has 0 radical (unpaired) electrons. The maximum atomic E-state index is 11.9. The molecule has 7 nitrogen and oxygen atoms in total. The van der Waals surface area contributed by atoms with E-state index in [1.807, 2.05) is 24.5 Å². The zero-order valence-electron chi connectivity index (χ0n) is 14.1. The Morgan fingerprint density at radius 1 is 1.20 bits per heavy atom. The Balaban J connectivity index is 1.66. The molecule has 128 valence electrons. The molecule has 0 spiro atoms. The second-order valence-electron chi connectivity index (χ2n) is 7.11. The highest BCUT2D eigenvalue weighted by atomic mass is 16.1. The second-order valence-corrected chi connectivity index (χ2v) is 7.11. The van der Waals surface area contributed by atoms with Crippen molar-refractivity contribution in [3.63, 3.8) is 0 Å². The molecule has 5 rings (SSSR count). The van der Waals surface area contributed by atoms with Gasteiger partial charge in [0.1, 0.15) is 5.82 Å². The van der Waals surface area contributed by atoms with Crippen molar-refractivity contribution in [2.45, 2.75) is 25.3 Å². The normalized spacial score (nSPS) is 23.5. The van der Waals surface area contributed by atoms with Crippen LogP contribution in [0.25, 0.3) is 10.8 Å². The molecule has 2 atom stereocenters. The maximum Gasteiger partial charge on any atom is 0.343 e. The van der Waals surface area contributed by atoms with Gasteiger partial charge in [0.15, 0.2) is 5.82 Å². The molecule has 2 unspecified atom stereocenters. The zero-order chi connectivity index (χ0) is 17.0. The minimum Gasteiger partial charge on any atom is -0.345 e. The van der Waals surface area contributed by atoms with Crippen LogP contribution >= 0.6 is 0 Å². The molecule has 2 aliphatic rings. The van der Waals surface area contributed by atoms with Crippen molar-refractivity contribution in [1.29, 1.82) is 0 Å². The molecule has 3 aromatic rings. The molecule has 4 heterocycles. The molecule has 25 heavy (non-hydrogen) atoms. The fraction of sp³-hybridized carbons (Fsp3) is 0.444. The Morgan fingerprint density at radius 3 is 2.80 bits per heavy atom. The van der Waals surface area contributed by atoms with Crippen LogP contribution in [0.5, 0.6) is 0 Å². The Kier molecular flexibility index (Phi) is 3.16. The largest absolute Gasteiger partial charge is 0.345 e. The van der Waals surface area contributed by atoms with E-state index in [4.69, 9.17) is 0 Å². The molecule has 1 aliphatic heterocycles. The van der Waals surface area contributed by atoms with Gasteiger partial charge in [-0.05, 0) is 48.6 Å². The molecule has 1 N–H and O–H groups in total. The summed E-state index contributed by atoms with van der Waals surface area (Å²) in [6.07, 6.45) is 9.19. The first-order chi connectivity index (χ1) is 12.2. The van der Waals surface area contributed by atoms with E-state index in [0.717, 1.165) is 41.3 Å². The topological polar surface area (TPSA) is 79.7 Å². The van der Waals surface area contributed by atoms with Crippen LogP contribution in [-0.4, -0.2) is 31.3 Å². The van der Waals surface area contributed by atoms with Gasteiger partial charge in [0.2, 0.25) is 0 Å². The van der Waals surface area contributed by atoms with Gasteiger partial charge in [-0.25, -0.2) is 14.9 Å². The van der Waals surface area contributed by atoms with Crippen LogP contribution in [0.2, 0.25) is 0 Å². The Bertz CT molecular complexity index is 983. The molecule has 1 saturated heterocycles. The van der Waals surface area contributed by atoms with Crippen LogP contribution in [0.3, 0.4) is 0 Å². The summed E-state index contributed by atoms with van der Waals surface area (Å²) < 4.78 is 1.64. The lowest BCUT2D eigenvalue weighted by Crippen LogP contribution is -2.30. The third-order valence-electron chi connectivity index (χ3n) is 5.67. The number of anilines is 1. The third-order valence-corrected chi connectivity index (χ3v) is 5.67. The van der Waals surface area contributed by atoms with Crippen molar-refractivity contribution in [3.05, 3.63) is 47.0 Å². The average molecular weight is 336 g/mol. The number of hydrogen-bond donors (Lipinski definition) is 1. The van der Waals surface area contributed by atoms with Crippen molar-refractivity contribution in [2.24, 2.45) is 18.9 Å². The summed E-state index contributed by atoms with van der Waals surface area (Å²) >= 11 is 0. The second kappa shape index (κ2) is 5.40. The number of rotatable bonds is 3. The number of nitrogens with zero attached hydrogens (tertiary/aromatic N) is 5. The summed E-state index contributed by atoms with van der Waals surface area (Å²) in [6.45, 7) is 0.924. The summed E-state index contributed by atoms with van der Waals surface area (Å²) in [5.74, 6) is 2.99. The lowest BCUT2D eigenvalue weighted by Gasteiger charge is -2.29. The molecule has 0 amide bonds. The molecule has 0 aromatic carbocycles. The molecule has 2 fully saturated rings. The van der Waals surface area contributed by atoms with Crippen LogP contribution in [0.15, 0.2) is 35.5 Å². The van der Waals surface area contributed by atoms with Gasteiger partial charge in [0, 0.05) is 37.6 Å². The van der Waals surface area contributed by atoms with Gasteiger partial charge in [-0.15, -0.1) is 0 Å². The van der Waals surface area contributed by atoms with E-state index in [2.05, 4.69) is 25.1 Å². The molecular weight excluding hydrogens is 316 g/mol. The third kappa shape index (κ3) is 2.26. The van der Waals surface area contributed by atoms with Crippen LogP contribution < -0.4 is 10.6 Å². The van der Waals surface area contributed by atoms with E-state index in [1.165, 1.54) is 12.8 Å². The monoisotopic (exact) mass is 336 g/mol. The predicted molar refractivity (Wildman–Crippen MR) is 94.3 cm³/mol. The van der Waals surface area contributed by atoms with E-state index in [-0.39, 0.29) is 11.7 Å². The number of pyridine rings is 2. The number of H-pyrrole nitrogens is 1. The number of aromatic nitrogens is 5. The van der Waals surface area contributed by atoms with Crippen molar-refractivity contribution >= 4 is 16.6 Å². The van der Waals surface area contributed by atoms with Crippen LogP contribution in [0, 0.1) is 11.8 Å². The van der Waals surface area contributed by atoms with Gasteiger partial charge in [0.25, 0.3) is 0 Å². The minimum absolute atomic E-state index is 0.0785. The SMILES string of the molecule is Cn1c(C2C(C3CC3)CCN2c2nccc3ccncc23)n[nH]c1=O. The van der Waals surface area contributed by atoms with E-state index in [1.54, 1.807) is 17.8 Å². The molecule has 1 saturated carbocycles. The van der Waals surface area contributed by atoms with Gasteiger partial charge >= 0.3 is 5.69 Å². The first-order valence-corrected chi connectivity index (χ1v) is 8.80.